The molecular formula is C15H18N2O2. The van der Waals surface area contributed by atoms with E-state index in [9.17, 15) is 4.79 Å². The smallest absolute Gasteiger partial charge is 0.354 e. The lowest BCUT2D eigenvalue weighted by Crippen LogP contribution is -2.10. The summed E-state index contributed by atoms with van der Waals surface area (Å²) in [6, 6.07) is 9.96. The highest BCUT2D eigenvalue weighted by atomic mass is 16.5. The minimum Gasteiger partial charge on any atom is -0.464 e. The van der Waals surface area contributed by atoms with Crippen molar-refractivity contribution in [3.05, 3.63) is 53.3 Å². The maximum Gasteiger partial charge on any atom is 0.354 e. The van der Waals surface area contributed by atoms with Gasteiger partial charge in [-0.15, -0.1) is 0 Å². The van der Waals surface area contributed by atoms with Crippen LogP contribution in [0.15, 0.2) is 36.5 Å². The number of methoxy groups -OCH3 is 1. The van der Waals surface area contributed by atoms with Crippen LogP contribution < -0.4 is 5.73 Å². The van der Waals surface area contributed by atoms with E-state index in [1.54, 1.807) is 12.3 Å². The van der Waals surface area contributed by atoms with E-state index in [4.69, 9.17) is 10.5 Å². The molecule has 2 N–H and O–H groups in total. The largest absolute Gasteiger partial charge is 0.464 e. The maximum atomic E-state index is 11.6. The SMILES string of the molecule is CCc1ccc(Cn2cc(N)cc2C(=O)OC)cc1. The Kier molecular flexibility index (Phi) is 3.90. The van der Waals surface area contributed by atoms with E-state index in [-0.39, 0.29) is 5.97 Å². The Hall–Kier alpha value is -2.23. The first-order valence-electron chi connectivity index (χ1n) is 6.25. The molecule has 0 spiro atoms. The first-order valence-corrected chi connectivity index (χ1v) is 6.25. The molecule has 0 fully saturated rings. The van der Waals surface area contributed by atoms with E-state index in [2.05, 4.69) is 31.2 Å². The van der Waals surface area contributed by atoms with Gasteiger partial charge in [-0.3, -0.25) is 0 Å². The molecule has 0 aliphatic rings. The van der Waals surface area contributed by atoms with Crippen LogP contribution in [0.2, 0.25) is 0 Å². The van der Waals surface area contributed by atoms with Crippen molar-refractivity contribution in [1.82, 2.24) is 4.57 Å². The van der Waals surface area contributed by atoms with E-state index in [1.165, 1.54) is 12.7 Å². The van der Waals surface area contributed by atoms with E-state index in [1.807, 2.05) is 4.57 Å². The number of esters is 1. The Morgan fingerprint density at radius 3 is 2.47 bits per heavy atom. The molecule has 0 amide bonds. The third-order valence-corrected chi connectivity index (χ3v) is 3.10. The predicted octanol–water partition coefficient (Wildman–Crippen LogP) is 2.47. The van der Waals surface area contributed by atoms with Crippen LogP contribution in [0.4, 0.5) is 5.69 Å². The van der Waals surface area contributed by atoms with E-state index in [0.717, 1.165) is 12.0 Å². The van der Waals surface area contributed by atoms with Gasteiger partial charge in [0.15, 0.2) is 0 Å². The van der Waals surface area contributed by atoms with Crippen LogP contribution >= 0.6 is 0 Å². The van der Waals surface area contributed by atoms with Crippen LogP contribution in [0, 0.1) is 0 Å². The Bertz CT molecular complexity index is 570. The number of carbonyl (C=O) groups is 1. The molecule has 0 aliphatic carbocycles. The number of carbonyl (C=O) groups excluding carboxylic acids is 1. The second-order valence-corrected chi connectivity index (χ2v) is 4.45. The number of ether oxygens (including phenoxy) is 1. The lowest BCUT2D eigenvalue weighted by Gasteiger charge is -2.08. The van der Waals surface area contributed by atoms with Gasteiger partial charge < -0.3 is 15.0 Å². The first kappa shape index (κ1) is 13.2. The molecule has 0 radical (unpaired) electrons. The van der Waals surface area contributed by atoms with Gasteiger partial charge in [0.2, 0.25) is 0 Å². The molecule has 1 aromatic carbocycles. The van der Waals surface area contributed by atoms with Gasteiger partial charge in [0.05, 0.1) is 12.8 Å². The van der Waals surface area contributed by atoms with Crippen LogP contribution in [-0.2, 0) is 17.7 Å². The number of nitrogens with zero attached hydrogens (tertiary/aromatic N) is 1. The third-order valence-electron chi connectivity index (χ3n) is 3.10. The van der Waals surface area contributed by atoms with Crippen LogP contribution in [-0.4, -0.2) is 17.6 Å². The number of nitrogens with two attached hydrogens (primary N) is 1. The fourth-order valence-electron chi connectivity index (χ4n) is 2.02. The minimum absolute atomic E-state index is 0.373. The van der Waals surface area contributed by atoms with Crippen molar-refractivity contribution >= 4 is 11.7 Å². The first-order chi connectivity index (χ1) is 9.13. The van der Waals surface area contributed by atoms with Crippen LogP contribution in [0.1, 0.15) is 28.5 Å². The van der Waals surface area contributed by atoms with Crippen molar-refractivity contribution in [3.8, 4) is 0 Å². The lowest BCUT2D eigenvalue weighted by molar-refractivity contribution is 0.0589. The molecule has 0 saturated heterocycles. The van der Waals surface area contributed by atoms with Crippen molar-refractivity contribution < 1.29 is 9.53 Å². The number of nitrogen functional groups attached to an aromatic ring is 1. The zero-order valence-corrected chi connectivity index (χ0v) is 11.2. The van der Waals surface area contributed by atoms with E-state index in [0.29, 0.717) is 17.9 Å². The fraction of sp³-hybridized carbons (Fsp3) is 0.267. The molecule has 4 nitrogen and oxygen atoms in total. The zero-order valence-electron chi connectivity index (χ0n) is 11.2. The number of hydrogen-bond donors (Lipinski definition) is 1. The minimum atomic E-state index is -0.373. The van der Waals surface area contributed by atoms with Gasteiger partial charge in [0.1, 0.15) is 5.69 Å². The molecule has 4 heteroatoms. The number of rotatable bonds is 4. The summed E-state index contributed by atoms with van der Waals surface area (Å²) in [6.45, 7) is 2.72. The summed E-state index contributed by atoms with van der Waals surface area (Å²) in [7, 11) is 1.37. The van der Waals surface area contributed by atoms with E-state index >= 15 is 0 Å². The number of aromatic nitrogens is 1. The molecule has 19 heavy (non-hydrogen) atoms. The molecule has 100 valence electrons. The highest BCUT2D eigenvalue weighted by Crippen LogP contribution is 2.15. The zero-order chi connectivity index (χ0) is 13.8. The summed E-state index contributed by atoms with van der Waals surface area (Å²) in [5.41, 5.74) is 9.19. The Labute approximate surface area is 112 Å². The van der Waals surface area contributed by atoms with Crippen molar-refractivity contribution in [2.75, 3.05) is 12.8 Å². The number of hydrogen-bond acceptors (Lipinski definition) is 3. The molecule has 2 aromatic rings. The van der Waals surface area contributed by atoms with Gasteiger partial charge in [0, 0.05) is 12.7 Å². The van der Waals surface area contributed by atoms with Crippen LogP contribution in [0.25, 0.3) is 0 Å². The third kappa shape index (κ3) is 2.96. The molecule has 1 aromatic heterocycles. The Balaban J connectivity index is 2.24. The molecule has 0 atom stereocenters. The molecular weight excluding hydrogens is 240 g/mol. The molecule has 0 unspecified atom stereocenters. The summed E-state index contributed by atoms with van der Waals surface area (Å²) < 4.78 is 6.56. The Morgan fingerprint density at radius 1 is 1.26 bits per heavy atom. The highest BCUT2D eigenvalue weighted by Gasteiger charge is 2.13. The normalized spacial score (nSPS) is 10.4. The van der Waals surface area contributed by atoms with Crippen LogP contribution in [0.3, 0.4) is 0 Å². The summed E-state index contributed by atoms with van der Waals surface area (Å²) in [6.07, 6.45) is 2.77. The fourth-order valence-corrected chi connectivity index (χ4v) is 2.02. The van der Waals surface area contributed by atoms with Crippen LogP contribution in [0.5, 0.6) is 0 Å². The van der Waals surface area contributed by atoms with Gasteiger partial charge in [-0.2, -0.15) is 0 Å². The molecule has 2 rings (SSSR count). The average molecular weight is 258 g/mol. The summed E-state index contributed by atoms with van der Waals surface area (Å²) in [5, 5.41) is 0. The second kappa shape index (κ2) is 5.61. The standard InChI is InChI=1S/C15H18N2O2/c1-3-11-4-6-12(7-5-11)9-17-10-13(16)8-14(17)15(18)19-2/h4-8,10H,3,9,16H2,1-2H3. The van der Waals surface area contributed by atoms with Crippen molar-refractivity contribution in [2.45, 2.75) is 19.9 Å². The molecule has 0 saturated carbocycles. The summed E-state index contributed by atoms with van der Waals surface area (Å²) in [5.74, 6) is -0.373. The topological polar surface area (TPSA) is 57.2 Å². The predicted molar refractivity (Wildman–Crippen MR) is 75.1 cm³/mol. The highest BCUT2D eigenvalue weighted by molar-refractivity contribution is 5.89. The molecule has 0 aliphatic heterocycles. The summed E-state index contributed by atoms with van der Waals surface area (Å²) >= 11 is 0. The maximum absolute atomic E-state index is 11.6. The monoisotopic (exact) mass is 258 g/mol. The van der Waals surface area contributed by atoms with Gasteiger partial charge in [0.25, 0.3) is 0 Å². The van der Waals surface area contributed by atoms with Crippen molar-refractivity contribution in [2.24, 2.45) is 0 Å². The number of anilines is 1. The van der Waals surface area contributed by atoms with Gasteiger partial charge in [-0.25, -0.2) is 4.79 Å². The molecule has 1 heterocycles. The van der Waals surface area contributed by atoms with Crippen molar-refractivity contribution in [1.29, 1.82) is 0 Å². The van der Waals surface area contributed by atoms with Gasteiger partial charge in [-0.05, 0) is 23.6 Å². The summed E-state index contributed by atoms with van der Waals surface area (Å²) in [4.78, 5) is 11.6. The van der Waals surface area contributed by atoms with Gasteiger partial charge in [-0.1, -0.05) is 31.2 Å². The van der Waals surface area contributed by atoms with E-state index < -0.39 is 0 Å². The molecule has 0 bridgehead atoms. The number of aryl methyl sites for hydroxylation is 1. The average Bonchev–Trinajstić information content (AvgIpc) is 2.79. The number of benzene rings is 1. The second-order valence-electron chi connectivity index (χ2n) is 4.45. The lowest BCUT2D eigenvalue weighted by atomic mass is 10.1. The quantitative estimate of drug-likeness (QED) is 0.857. The van der Waals surface area contributed by atoms with Gasteiger partial charge >= 0.3 is 5.97 Å². The Morgan fingerprint density at radius 2 is 1.89 bits per heavy atom. The van der Waals surface area contributed by atoms with Crippen molar-refractivity contribution in [3.63, 3.8) is 0 Å².